The molecule has 1 aliphatic heterocycles. The third kappa shape index (κ3) is 1.79. The van der Waals surface area contributed by atoms with E-state index >= 15 is 0 Å². The van der Waals surface area contributed by atoms with Crippen LogP contribution in [0, 0.1) is 5.92 Å². The van der Waals surface area contributed by atoms with Crippen LogP contribution in [0.2, 0.25) is 0 Å². The van der Waals surface area contributed by atoms with Crippen LogP contribution in [0.3, 0.4) is 0 Å². The van der Waals surface area contributed by atoms with E-state index in [1.807, 2.05) is 0 Å². The standard InChI is InChI=1S/C13H15N5O/c19-13(17-11-2-8-1-10(11)15-4-8)12-3-9-5-14-6-18(9)7-16-12/h3,5-8,10-11,15H,1-2,4H2,(H,17,19)/t8-,10+,11+/m0/s1. The summed E-state index contributed by atoms with van der Waals surface area (Å²) in [5.41, 5.74) is 1.34. The third-order valence-corrected chi connectivity index (χ3v) is 4.18. The van der Waals surface area contributed by atoms with Crippen LogP contribution in [0.1, 0.15) is 23.3 Å². The van der Waals surface area contributed by atoms with Crippen molar-refractivity contribution in [3.8, 4) is 0 Å². The van der Waals surface area contributed by atoms with Gasteiger partial charge in [0.05, 0.1) is 11.7 Å². The van der Waals surface area contributed by atoms with Gasteiger partial charge in [-0.2, -0.15) is 0 Å². The summed E-state index contributed by atoms with van der Waals surface area (Å²) in [4.78, 5) is 20.4. The predicted octanol–water partition coefficient (Wildman–Crippen LogP) is 0.209. The molecule has 6 heteroatoms. The lowest BCUT2D eigenvalue weighted by Gasteiger charge is -2.23. The first-order valence-electron chi connectivity index (χ1n) is 6.61. The Bertz CT molecular complexity index is 637. The summed E-state index contributed by atoms with van der Waals surface area (Å²) in [5.74, 6) is 0.628. The highest BCUT2D eigenvalue weighted by Gasteiger charge is 2.40. The molecule has 2 fully saturated rings. The molecular weight excluding hydrogens is 242 g/mol. The van der Waals surface area contributed by atoms with E-state index in [1.54, 1.807) is 29.3 Å². The molecule has 0 unspecified atom stereocenters. The lowest BCUT2D eigenvalue weighted by Crippen LogP contribution is -2.48. The fourth-order valence-electron chi connectivity index (χ4n) is 3.20. The highest BCUT2D eigenvalue weighted by molar-refractivity contribution is 5.93. The van der Waals surface area contributed by atoms with Gasteiger partial charge in [0, 0.05) is 12.1 Å². The number of hydrogen-bond acceptors (Lipinski definition) is 4. The number of amides is 1. The fraction of sp³-hybridized carbons (Fsp3) is 0.462. The Morgan fingerprint density at radius 1 is 1.42 bits per heavy atom. The van der Waals surface area contributed by atoms with Crippen LogP contribution in [0.4, 0.5) is 0 Å². The largest absolute Gasteiger partial charge is 0.346 e. The minimum atomic E-state index is -0.0944. The third-order valence-electron chi connectivity index (χ3n) is 4.18. The summed E-state index contributed by atoms with van der Waals surface area (Å²) in [6, 6.07) is 2.45. The van der Waals surface area contributed by atoms with Gasteiger partial charge in [-0.1, -0.05) is 0 Å². The number of aromatic nitrogens is 3. The minimum absolute atomic E-state index is 0.0944. The molecular formula is C13H15N5O. The number of piperidine rings is 1. The summed E-state index contributed by atoms with van der Waals surface area (Å²) in [6.07, 6.45) is 7.27. The van der Waals surface area contributed by atoms with E-state index in [-0.39, 0.29) is 11.9 Å². The van der Waals surface area contributed by atoms with Crippen molar-refractivity contribution in [3.05, 3.63) is 30.6 Å². The first-order valence-corrected chi connectivity index (χ1v) is 6.61. The maximum Gasteiger partial charge on any atom is 0.270 e. The maximum absolute atomic E-state index is 12.2. The number of nitrogens with zero attached hydrogens (tertiary/aromatic N) is 3. The van der Waals surface area contributed by atoms with E-state index in [0.717, 1.165) is 24.4 Å². The zero-order valence-electron chi connectivity index (χ0n) is 10.4. The molecule has 1 amide bonds. The second-order valence-corrected chi connectivity index (χ2v) is 5.43. The summed E-state index contributed by atoms with van der Waals surface area (Å²) < 4.78 is 1.79. The number of carbonyl (C=O) groups excluding carboxylic acids is 1. The van der Waals surface area contributed by atoms with Crippen molar-refractivity contribution >= 4 is 11.4 Å². The predicted molar refractivity (Wildman–Crippen MR) is 68.8 cm³/mol. The highest BCUT2D eigenvalue weighted by Crippen LogP contribution is 2.31. The quantitative estimate of drug-likeness (QED) is 0.807. The molecule has 0 radical (unpaired) electrons. The van der Waals surface area contributed by atoms with Gasteiger partial charge in [0.15, 0.2) is 0 Å². The lowest BCUT2D eigenvalue weighted by molar-refractivity contribution is 0.0923. The van der Waals surface area contributed by atoms with Gasteiger partial charge in [0.25, 0.3) is 5.91 Å². The zero-order chi connectivity index (χ0) is 12.8. The molecule has 0 spiro atoms. The molecule has 1 aliphatic carbocycles. The Morgan fingerprint density at radius 3 is 3.16 bits per heavy atom. The molecule has 98 valence electrons. The Kier molecular flexibility index (Phi) is 2.32. The Hall–Kier alpha value is -1.95. The first kappa shape index (κ1) is 10.9. The molecule has 19 heavy (non-hydrogen) atoms. The van der Waals surface area contributed by atoms with E-state index < -0.39 is 0 Å². The molecule has 4 rings (SSSR count). The molecule has 6 nitrogen and oxygen atoms in total. The smallest absolute Gasteiger partial charge is 0.270 e. The van der Waals surface area contributed by atoms with Gasteiger partial charge < -0.3 is 10.6 Å². The molecule has 2 aliphatic rings. The van der Waals surface area contributed by atoms with Gasteiger partial charge in [-0.25, -0.2) is 9.97 Å². The molecule has 2 aromatic rings. The highest BCUT2D eigenvalue weighted by atomic mass is 16.2. The van der Waals surface area contributed by atoms with E-state index in [0.29, 0.717) is 11.7 Å². The van der Waals surface area contributed by atoms with Crippen molar-refractivity contribution < 1.29 is 4.79 Å². The number of carbonyl (C=O) groups is 1. The number of nitrogens with one attached hydrogen (secondary N) is 2. The number of fused-ring (bicyclic) bond motifs is 3. The van der Waals surface area contributed by atoms with Gasteiger partial charge >= 0.3 is 0 Å². The summed E-state index contributed by atoms with van der Waals surface area (Å²) in [7, 11) is 0. The lowest BCUT2D eigenvalue weighted by atomic mass is 10.1. The van der Waals surface area contributed by atoms with Crippen molar-refractivity contribution in [1.29, 1.82) is 0 Å². The Labute approximate surface area is 110 Å². The summed E-state index contributed by atoms with van der Waals surface area (Å²) in [5, 5.41) is 6.53. The van der Waals surface area contributed by atoms with E-state index in [2.05, 4.69) is 20.6 Å². The SMILES string of the molecule is O=C(N[C@@H]1C[C@H]2CN[C@@H]1C2)c1cc2cncn2cn1. The van der Waals surface area contributed by atoms with Gasteiger partial charge in [-0.3, -0.25) is 9.20 Å². The van der Waals surface area contributed by atoms with Crippen molar-refractivity contribution in [2.24, 2.45) is 5.92 Å². The van der Waals surface area contributed by atoms with E-state index in [1.165, 1.54) is 6.42 Å². The summed E-state index contributed by atoms with van der Waals surface area (Å²) >= 11 is 0. The van der Waals surface area contributed by atoms with Crippen molar-refractivity contribution in [2.75, 3.05) is 6.54 Å². The van der Waals surface area contributed by atoms with Crippen LogP contribution in [-0.4, -0.2) is 38.9 Å². The molecule has 1 saturated heterocycles. The molecule has 1 saturated carbocycles. The molecule has 2 aromatic heterocycles. The van der Waals surface area contributed by atoms with E-state index in [4.69, 9.17) is 0 Å². The Balaban J connectivity index is 1.53. The first-order chi connectivity index (χ1) is 9.29. The Morgan fingerprint density at radius 2 is 2.37 bits per heavy atom. The van der Waals surface area contributed by atoms with Crippen LogP contribution in [-0.2, 0) is 0 Å². The van der Waals surface area contributed by atoms with Crippen LogP contribution in [0.5, 0.6) is 0 Å². The average molecular weight is 257 g/mol. The molecule has 3 heterocycles. The summed E-state index contributed by atoms with van der Waals surface area (Å²) in [6.45, 7) is 1.09. The van der Waals surface area contributed by atoms with Crippen LogP contribution in [0.25, 0.3) is 5.52 Å². The van der Waals surface area contributed by atoms with Gasteiger partial charge in [-0.15, -0.1) is 0 Å². The average Bonchev–Trinajstić information content (AvgIpc) is 3.13. The van der Waals surface area contributed by atoms with Crippen LogP contribution < -0.4 is 10.6 Å². The van der Waals surface area contributed by atoms with Crippen LogP contribution >= 0.6 is 0 Å². The molecule has 3 atom stereocenters. The fourth-order valence-corrected chi connectivity index (χ4v) is 3.20. The molecule has 2 N–H and O–H groups in total. The van der Waals surface area contributed by atoms with Gasteiger partial charge in [0.1, 0.15) is 18.3 Å². The van der Waals surface area contributed by atoms with Crippen molar-refractivity contribution in [2.45, 2.75) is 24.9 Å². The normalized spacial score (nSPS) is 28.9. The zero-order valence-corrected chi connectivity index (χ0v) is 10.4. The maximum atomic E-state index is 12.2. The number of rotatable bonds is 2. The van der Waals surface area contributed by atoms with Gasteiger partial charge in [-0.05, 0) is 31.4 Å². The second-order valence-electron chi connectivity index (χ2n) is 5.43. The monoisotopic (exact) mass is 257 g/mol. The van der Waals surface area contributed by atoms with Crippen molar-refractivity contribution in [3.63, 3.8) is 0 Å². The van der Waals surface area contributed by atoms with Gasteiger partial charge in [0.2, 0.25) is 0 Å². The number of hydrogen-bond donors (Lipinski definition) is 2. The molecule has 0 aromatic carbocycles. The van der Waals surface area contributed by atoms with E-state index in [9.17, 15) is 4.79 Å². The minimum Gasteiger partial charge on any atom is -0.346 e. The second kappa shape index (κ2) is 4.03. The topological polar surface area (TPSA) is 71.3 Å². The number of imidazole rings is 1. The van der Waals surface area contributed by atoms with Crippen LogP contribution in [0.15, 0.2) is 24.9 Å². The van der Waals surface area contributed by atoms with Crippen molar-refractivity contribution in [1.82, 2.24) is 25.0 Å². The molecule has 2 bridgehead atoms.